The molecule has 1 saturated carbocycles. The first-order valence-electron chi connectivity index (χ1n) is 10.0. The Morgan fingerprint density at radius 3 is 1.53 bits per heavy atom. The molecule has 0 amide bonds. The van der Waals surface area contributed by atoms with Crippen LogP contribution in [-0.4, -0.2) is 12.6 Å². The van der Waals surface area contributed by atoms with Crippen molar-refractivity contribution in [3.63, 3.8) is 0 Å². The van der Waals surface area contributed by atoms with Gasteiger partial charge in [-0.3, -0.25) is 4.79 Å². The van der Waals surface area contributed by atoms with E-state index >= 15 is 0 Å². The van der Waals surface area contributed by atoms with Gasteiger partial charge in [0.2, 0.25) is 0 Å². The van der Waals surface area contributed by atoms with E-state index in [1.807, 2.05) is 39.0 Å². The molecule has 1 aliphatic rings. The van der Waals surface area contributed by atoms with Gasteiger partial charge >= 0.3 is 56.0 Å². The number of esters is 1. The van der Waals surface area contributed by atoms with Gasteiger partial charge in [-0.15, -0.1) is 0 Å². The molecule has 0 saturated heterocycles. The molecule has 1 aromatic rings. The molecular formula is C22H31F6FeO2P+. The second-order valence-electron chi connectivity index (χ2n) is 7.19. The molecule has 0 bridgehead atoms. The maximum Gasteiger partial charge on any atom is 2.00 e. The van der Waals surface area contributed by atoms with Gasteiger partial charge in [0.15, 0.2) is 0 Å². The van der Waals surface area contributed by atoms with Gasteiger partial charge in [0.1, 0.15) is 0 Å². The Balaban J connectivity index is 0. The minimum atomic E-state index is -10.7. The third-order valence-corrected chi connectivity index (χ3v) is 3.98. The van der Waals surface area contributed by atoms with Crippen molar-refractivity contribution in [2.75, 3.05) is 6.61 Å². The van der Waals surface area contributed by atoms with Crippen molar-refractivity contribution >= 4 is 13.8 Å². The van der Waals surface area contributed by atoms with Gasteiger partial charge in [-0.05, 0) is 62.5 Å². The Bertz CT molecular complexity index is 625. The number of unbranched alkanes of at least 4 members (excludes halogenated alkanes) is 1. The maximum absolute atomic E-state index is 12.0. The average Bonchev–Trinajstić information content (AvgIpc) is 3.20. The Morgan fingerprint density at radius 1 is 0.844 bits per heavy atom. The molecule has 0 aliphatic heterocycles. The minimum Gasteiger partial charge on any atom is -0.0312 e. The van der Waals surface area contributed by atoms with Crippen molar-refractivity contribution in [2.45, 2.75) is 58.8 Å². The molecule has 32 heavy (non-hydrogen) atoms. The van der Waals surface area contributed by atoms with Crippen LogP contribution in [-0.2, 0) is 26.6 Å². The van der Waals surface area contributed by atoms with Crippen LogP contribution in [0, 0.1) is 32.1 Å². The van der Waals surface area contributed by atoms with E-state index in [4.69, 9.17) is 4.74 Å². The summed E-state index contributed by atoms with van der Waals surface area (Å²) >= 11 is 0. The number of hydrogen-bond donors (Lipinski definition) is 0. The standard InChI is InChI=1S/C17H26O2.C5H5.F6P.Fe/c1-5-7-8-16(17(18)19-6-2)15-11-9-14(10-12-15)13(3)4;1-2-4-5-3-1;1-7(2,3,4,5)6;/h9-13,16H,5-8H2,1-4H3;1-5H;;/q;;-1;+2. The summed E-state index contributed by atoms with van der Waals surface area (Å²) < 4.78 is 64.4. The summed E-state index contributed by atoms with van der Waals surface area (Å²) in [6.45, 7) is 8.80. The van der Waals surface area contributed by atoms with Crippen LogP contribution in [0.1, 0.15) is 69.9 Å². The van der Waals surface area contributed by atoms with Crippen molar-refractivity contribution in [2.24, 2.45) is 0 Å². The van der Waals surface area contributed by atoms with Gasteiger partial charge in [0.25, 0.3) is 0 Å². The molecule has 10 heteroatoms. The van der Waals surface area contributed by atoms with Gasteiger partial charge < -0.3 is 4.74 Å². The van der Waals surface area contributed by atoms with Gasteiger partial charge in [-0.25, -0.2) is 0 Å². The Labute approximate surface area is 198 Å². The SMILES string of the molecule is CCCCC(C(=O)OCC)c1ccc(C(C)C)cc1.F[P-](F)(F)(F)(F)F.[CH]1[CH][CH][CH][CH]1.[Fe+2]. The molecule has 1 aliphatic carbocycles. The summed E-state index contributed by atoms with van der Waals surface area (Å²) in [4.78, 5) is 12.0. The van der Waals surface area contributed by atoms with Crippen LogP contribution < -0.4 is 0 Å². The van der Waals surface area contributed by atoms with E-state index in [0.29, 0.717) is 12.5 Å². The Morgan fingerprint density at radius 2 is 1.22 bits per heavy atom. The molecule has 2 rings (SSSR count). The van der Waals surface area contributed by atoms with Crippen LogP contribution in [0.4, 0.5) is 25.2 Å². The molecule has 0 heterocycles. The fourth-order valence-electron chi connectivity index (χ4n) is 2.51. The van der Waals surface area contributed by atoms with Crippen molar-refractivity contribution in [1.29, 1.82) is 0 Å². The fraction of sp³-hybridized carbons (Fsp3) is 0.455. The molecule has 0 spiro atoms. The van der Waals surface area contributed by atoms with Gasteiger partial charge in [0, 0.05) is 0 Å². The number of hydrogen-bond acceptors (Lipinski definition) is 2. The van der Waals surface area contributed by atoms with E-state index in [2.05, 4.69) is 45.0 Å². The van der Waals surface area contributed by atoms with Crippen molar-refractivity contribution in [3.8, 4) is 0 Å². The monoisotopic (exact) mass is 528 g/mol. The number of rotatable bonds is 7. The second kappa shape index (κ2) is 13.8. The maximum atomic E-state index is 12.0. The molecule has 1 aromatic carbocycles. The van der Waals surface area contributed by atoms with E-state index in [9.17, 15) is 30.0 Å². The molecule has 1 atom stereocenters. The van der Waals surface area contributed by atoms with Crippen molar-refractivity contribution in [1.82, 2.24) is 0 Å². The molecule has 1 unspecified atom stereocenters. The van der Waals surface area contributed by atoms with E-state index in [0.717, 1.165) is 24.8 Å². The molecule has 0 N–H and O–H groups in total. The zero-order valence-electron chi connectivity index (χ0n) is 18.6. The van der Waals surface area contributed by atoms with E-state index < -0.39 is 7.81 Å². The topological polar surface area (TPSA) is 26.3 Å². The van der Waals surface area contributed by atoms with Crippen LogP contribution in [0.15, 0.2) is 24.3 Å². The smallest absolute Gasteiger partial charge is 0.0312 e. The quantitative estimate of drug-likeness (QED) is 0.153. The summed E-state index contributed by atoms with van der Waals surface area (Å²) in [6, 6.07) is 8.40. The summed E-state index contributed by atoms with van der Waals surface area (Å²) in [6.07, 6.45) is 13.0. The fourth-order valence-corrected chi connectivity index (χ4v) is 2.51. The van der Waals surface area contributed by atoms with Crippen molar-refractivity contribution in [3.05, 3.63) is 67.5 Å². The van der Waals surface area contributed by atoms with Crippen molar-refractivity contribution < 1.29 is 51.8 Å². The minimum absolute atomic E-state index is 0. The third kappa shape index (κ3) is 21.1. The van der Waals surface area contributed by atoms with E-state index in [-0.39, 0.29) is 29.0 Å². The van der Waals surface area contributed by atoms with Gasteiger partial charge in [-0.1, -0.05) is 57.9 Å². The molecule has 5 radical (unpaired) electrons. The number of halogens is 6. The molecule has 0 aromatic heterocycles. The summed E-state index contributed by atoms with van der Waals surface area (Å²) in [7, 11) is -10.7. The Hall–Kier alpha value is -0.781. The zero-order valence-corrected chi connectivity index (χ0v) is 20.6. The normalized spacial score (nSPS) is 16.2. The first-order valence-corrected chi connectivity index (χ1v) is 12.1. The molecule has 185 valence electrons. The molecule has 2 nitrogen and oxygen atoms in total. The van der Waals surface area contributed by atoms with Crippen LogP contribution in [0.2, 0.25) is 0 Å². The summed E-state index contributed by atoms with van der Waals surface area (Å²) in [5.41, 5.74) is 2.39. The molecular weight excluding hydrogens is 497 g/mol. The first-order chi connectivity index (χ1) is 14.0. The van der Waals surface area contributed by atoms with Crippen LogP contribution in [0.25, 0.3) is 0 Å². The number of carbonyl (C=O) groups excluding carboxylic acids is 1. The summed E-state index contributed by atoms with van der Waals surface area (Å²) in [5, 5.41) is 0. The van der Waals surface area contributed by atoms with E-state index in [1.165, 1.54) is 5.56 Å². The number of ether oxygens (including phenoxy) is 1. The summed E-state index contributed by atoms with van der Waals surface area (Å²) in [5.74, 6) is 0.320. The third-order valence-electron chi connectivity index (χ3n) is 3.98. The van der Waals surface area contributed by atoms with Gasteiger partial charge in [0.05, 0.1) is 12.5 Å². The molecule has 1 fully saturated rings. The Kier molecular flexibility index (Phi) is 14.4. The average molecular weight is 528 g/mol. The predicted octanol–water partition coefficient (Wildman–Crippen LogP) is 9.05. The van der Waals surface area contributed by atoms with E-state index in [1.54, 1.807) is 0 Å². The zero-order chi connectivity index (χ0) is 24.2. The predicted molar refractivity (Wildman–Crippen MR) is 114 cm³/mol. The van der Waals surface area contributed by atoms with Crippen LogP contribution in [0.3, 0.4) is 0 Å². The van der Waals surface area contributed by atoms with Gasteiger partial charge in [-0.2, -0.15) is 0 Å². The van der Waals surface area contributed by atoms with Crippen LogP contribution >= 0.6 is 7.81 Å². The largest absolute Gasteiger partial charge is 2.00 e. The number of carbonyl (C=O) groups is 1. The number of benzene rings is 1. The second-order valence-corrected chi connectivity index (χ2v) is 9.11. The first kappa shape index (κ1) is 33.4. The van der Waals surface area contributed by atoms with Crippen LogP contribution in [0.5, 0.6) is 0 Å².